The van der Waals surface area contributed by atoms with E-state index in [4.69, 9.17) is 5.73 Å². The van der Waals surface area contributed by atoms with Crippen molar-refractivity contribution in [3.63, 3.8) is 0 Å². The highest BCUT2D eigenvalue weighted by Crippen LogP contribution is 2.31. The average Bonchev–Trinajstić information content (AvgIpc) is 3.03. The molecule has 0 saturated carbocycles. The van der Waals surface area contributed by atoms with Gasteiger partial charge in [0.25, 0.3) is 0 Å². The number of rotatable bonds is 7. The van der Waals surface area contributed by atoms with Gasteiger partial charge in [0.2, 0.25) is 0 Å². The van der Waals surface area contributed by atoms with E-state index in [0.717, 1.165) is 42.9 Å². The Balaban J connectivity index is 2.22. The topological polar surface area (TPSA) is 55.9 Å². The standard InChI is InChI=1S/C15H24N4S/c1-4-7-11(13-9-6-10-20-13)17-15-14(16)12(8-5-2)18-19(15)3/h6,9-11,17H,4-5,7-8,16H2,1-3H3. The minimum Gasteiger partial charge on any atom is -0.394 e. The predicted octanol–water partition coefficient (Wildman–Crippen LogP) is 3.97. The lowest BCUT2D eigenvalue weighted by molar-refractivity contribution is 0.666. The van der Waals surface area contributed by atoms with Crippen molar-refractivity contribution >= 4 is 22.8 Å². The third kappa shape index (κ3) is 3.15. The Morgan fingerprint density at radius 1 is 1.40 bits per heavy atom. The van der Waals surface area contributed by atoms with Crippen molar-refractivity contribution in [2.75, 3.05) is 11.1 Å². The second-order valence-electron chi connectivity index (χ2n) is 5.08. The fourth-order valence-electron chi connectivity index (χ4n) is 2.42. The van der Waals surface area contributed by atoms with Gasteiger partial charge in [0.15, 0.2) is 0 Å². The van der Waals surface area contributed by atoms with Crippen molar-refractivity contribution < 1.29 is 0 Å². The summed E-state index contributed by atoms with van der Waals surface area (Å²) in [6, 6.07) is 4.59. The largest absolute Gasteiger partial charge is 0.394 e. The maximum absolute atomic E-state index is 6.25. The first kappa shape index (κ1) is 14.9. The van der Waals surface area contributed by atoms with Gasteiger partial charge < -0.3 is 11.1 Å². The van der Waals surface area contributed by atoms with Crippen LogP contribution in [0.2, 0.25) is 0 Å². The van der Waals surface area contributed by atoms with Gasteiger partial charge in [-0.15, -0.1) is 11.3 Å². The Bertz CT molecular complexity index is 530. The first-order valence-electron chi connectivity index (χ1n) is 7.28. The number of thiophene rings is 1. The molecule has 0 amide bonds. The number of nitrogens with one attached hydrogen (secondary N) is 1. The molecule has 3 N–H and O–H groups in total. The van der Waals surface area contributed by atoms with Gasteiger partial charge in [-0.3, -0.25) is 4.68 Å². The first-order chi connectivity index (χ1) is 9.67. The van der Waals surface area contributed by atoms with E-state index in [1.54, 1.807) is 11.3 Å². The number of nitrogen functional groups attached to an aromatic ring is 1. The Labute approximate surface area is 125 Å². The predicted molar refractivity (Wildman–Crippen MR) is 87.2 cm³/mol. The van der Waals surface area contributed by atoms with Crippen LogP contribution in [0.25, 0.3) is 0 Å². The molecule has 2 aromatic heterocycles. The summed E-state index contributed by atoms with van der Waals surface area (Å²) in [4.78, 5) is 1.35. The Hall–Kier alpha value is -1.49. The van der Waals surface area contributed by atoms with Gasteiger partial charge in [-0.05, 0) is 24.3 Å². The lowest BCUT2D eigenvalue weighted by Gasteiger charge is -2.18. The van der Waals surface area contributed by atoms with Gasteiger partial charge in [-0.1, -0.05) is 32.8 Å². The molecule has 1 atom stereocenters. The van der Waals surface area contributed by atoms with Crippen LogP contribution in [0.3, 0.4) is 0 Å². The van der Waals surface area contributed by atoms with Crippen molar-refractivity contribution in [1.29, 1.82) is 0 Å². The van der Waals surface area contributed by atoms with Crippen LogP contribution in [-0.4, -0.2) is 9.78 Å². The number of nitrogens with two attached hydrogens (primary N) is 1. The van der Waals surface area contributed by atoms with Crippen molar-refractivity contribution in [2.24, 2.45) is 7.05 Å². The highest BCUT2D eigenvalue weighted by atomic mass is 32.1. The molecule has 0 saturated heterocycles. The summed E-state index contributed by atoms with van der Waals surface area (Å²) in [5.74, 6) is 0.945. The Morgan fingerprint density at radius 3 is 2.80 bits per heavy atom. The summed E-state index contributed by atoms with van der Waals surface area (Å²) in [5.41, 5.74) is 8.04. The summed E-state index contributed by atoms with van der Waals surface area (Å²) in [6.07, 6.45) is 4.21. The molecule has 2 aromatic rings. The number of aromatic nitrogens is 2. The van der Waals surface area contributed by atoms with E-state index in [0.29, 0.717) is 6.04 Å². The van der Waals surface area contributed by atoms with Crippen LogP contribution in [0.1, 0.15) is 49.7 Å². The SMILES string of the molecule is CCCc1nn(C)c(NC(CCC)c2cccs2)c1N. The quantitative estimate of drug-likeness (QED) is 0.812. The van der Waals surface area contributed by atoms with Gasteiger partial charge >= 0.3 is 0 Å². The summed E-state index contributed by atoms with van der Waals surface area (Å²) in [6.45, 7) is 4.35. The molecule has 0 bridgehead atoms. The van der Waals surface area contributed by atoms with E-state index < -0.39 is 0 Å². The number of aryl methyl sites for hydroxylation is 2. The zero-order valence-corrected chi connectivity index (χ0v) is 13.3. The van der Waals surface area contributed by atoms with Gasteiger partial charge in [0.1, 0.15) is 5.82 Å². The van der Waals surface area contributed by atoms with Gasteiger partial charge in [-0.25, -0.2) is 0 Å². The number of anilines is 2. The normalized spacial score (nSPS) is 12.6. The summed E-state index contributed by atoms with van der Waals surface area (Å²) in [7, 11) is 1.95. The summed E-state index contributed by atoms with van der Waals surface area (Å²) >= 11 is 1.79. The molecule has 0 radical (unpaired) electrons. The lowest BCUT2D eigenvalue weighted by Crippen LogP contribution is -2.13. The molecular weight excluding hydrogens is 268 g/mol. The number of hydrogen-bond donors (Lipinski definition) is 2. The number of nitrogens with zero attached hydrogens (tertiary/aromatic N) is 2. The third-order valence-electron chi connectivity index (χ3n) is 3.42. The molecule has 0 aliphatic carbocycles. The van der Waals surface area contributed by atoms with E-state index in [1.807, 2.05) is 11.7 Å². The molecule has 4 nitrogen and oxygen atoms in total. The molecular formula is C15H24N4S. The fourth-order valence-corrected chi connectivity index (χ4v) is 3.23. The lowest BCUT2D eigenvalue weighted by atomic mass is 10.1. The second-order valence-corrected chi connectivity index (χ2v) is 6.06. The van der Waals surface area contributed by atoms with Crippen LogP contribution in [0.5, 0.6) is 0 Å². The van der Waals surface area contributed by atoms with Crippen LogP contribution in [-0.2, 0) is 13.5 Å². The second kappa shape index (κ2) is 6.79. The molecule has 0 fully saturated rings. The van der Waals surface area contributed by atoms with Gasteiger partial charge in [-0.2, -0.15) is 5.10 Å². The van der Waals surface area contributed by atoms with E-state index in [-0.39, 0.29) is 0 Å². The van der Waals surface area contributed by atoms with Gasteiger partial charge in [0, 0.05) is 11.9 Å². The molecule has 0 aromatic carbocycles. The minimum atomic E-state index is 0.312. The molecule has 2 heterocycles. The minimum absolute atomic E-state index is 0.312. The Kier molecular flexibility index (Phi) is 5.06. The van der Waals surface area contributed by atoms with Gasteiger partial charge in [0.05, 0.1) is 17.4 Å². The van der Waals surface area contributed by atoms with Crippen LogP contribution in [0.15, 0.2) is 17.5 Å². The van der Waals surface area contributed by atoms with E-state index in [1.165, 1.54) is 4.88 Å². The fraction of sp³-hybridized carbons (Fsp3) is 0.533. The molecule has 20 heavy (non-hydrogen) atoms. The molecule has 0 aliphatic rings. The van der Waals surface area contributed by atoms with E-state index >= 15 is 0 Å². The van der Waals surface area contributed by atoms with E-state index in [2.05, 4.69) is 41.8 Å². The van der Waals surface area contributed by atoms with Crippen LogP contribution in [0, 0.1) is 0 Å². The maximum Gasteiger partial charge on any atom is 0.148 e. The van der Waals surface area contributed by atoms with Crippen LogP contribution >= 0.6 is 11.3 Å². The zero-order chi connectivity index (χ0) is 14.5. The van der Waals surface area contributed by atoms with Crippen molar-refractivity contribution in [3.8, 4) is 0 Å². The maximum atomic E-state index is 6.25. The van der Waals surface area contributed by atoms with Crippen molar-refractivity contribution in [1.82, 2.24) is 9.78 Å². The van der Waals surface area contributed by atoms with Crippen molar-refractivity contribution in [3.05, 3.63) is 28.1 Å². The summed E-state index contributed by atoms with van der Waals surface area (Å²) in [5, 5.41) is 10.2. The smallest absolute Gasteiger partial charge is 0.148 e. The van der Waals surface area contributed by atoms with Crippen LogP contribution in [0.4, 0.5) is 11.5 Å². The molecule has 110 valence electrons. The Morgan fingerprint density at radius 2 is 2.20 bits per heavy atom. The van der Waals surface area contributed by atoms with Crippen LogP contribution < -0.4 is 11.1 Å². The average molecular weight is 292 g/mol. The van der Waals surface area contributed by atoms with E-state index in [9.17, 15) is 0 Å². The molecule has 5 heteroatoms. The van der Waals surface area contributed by atoms with Crippen molar-refractivity contribution in [2.45, 2.75) is 45.6 Å². The molecule has 0 aliphatic heterocycles. The molecule has 2 rings (SSSR count). The monoisotopic (exact) mass is 292 g/mol. The summed E-state index contributed by atoms with van der Waals surface area (Å²) < 4.78 is 1.87. The highest BCUT2D eigenvalue weighted by Gasteiger charge is 2.18. The number of hydrogen-bond acceptors (Lipinski definition) is 4. The zero-order valence-electron chi connectivity index (χ0n) is 12.5. The molecule has 0 spiro atoms. The third-order valence-corrected chi connectivity index (χ3v) is 4.41. The highest BCUT2D eigenvalue weighted by molar-refractivity contribution is 7.10. The molecule has 1 unspecified atom stereocenters. The first-order valence-corrected chi connectivity index (χ1v) is 8.16.